The number of aromatic nitrogens is 2. The molecule has 31 heavy (non-hydrogen) atoms. The topological polar surface area (TPSA) is 53.5 Å². The molecular formula is C23H31F3N2O3. The van der Waals surface area contributed by atoms with Crippen LogP contribution in [0.5, 0.6) is 17.4 Å². The van der Waals surface area contributed by atoms with E-state index < -0.39 is 6.36 Å². The van der Waals surface area contributed by atoms with E-state index in [1.54, 1.807) is 0 Å². The average Bonchev–Trinajstić information content (AvgIpc) is 2.72. The van der Waals surface area contributed by atoms with Crippen LogP contribution in [0.25, 0.3) is 11.3 Å². The van der Waals surface area contributed by atoms with E-state index in [-0.39, 0.29) is 17.6 Å². The molecule has 1 aromatic heterocycles. The second-order valence-corrected chi connectivity index (χ2v) is 7.20. The fourth-order valence-electron chi connectivity index (χ4n) is 3.40. The number of alkyl halides is 3. The average molecular weight is 441 g/mol. The molecular weight excluding hydrogens is 409 g/mol. The lowest BCUT2D eigenvalue weighted by molar-refractivity contribution is -0.274. The maximum Gasteiger partial charge on any atom is 0.573 e. The summed E-state index contributed by atoms with van der Waals surface area (Å²) >= 11 is 0. The van der Waals surface area contributed by atoms with Gasteiger partial charge in [0.25, 0.3) is 0 Å². The van der Waals surface area contributed by atoms with E-state index in [2.05, 4.69) is 18.6 Å². The minimum absolute atomic E-state index is 0.0819. The Morgan fingerprint density at radius 2 is 1.58 bits per heavy atom. The first-order valence-corrected chi connectivity index (χ1v) is 10.8. The Morgan fingerprint density at radius 1 is 0.935 bits per heavy atom. The molecule has 0 spiro atoms. The third-order valence-electron chi connectivity index (χ3n) is 4.83. The van der Waals surface area contributed by atoms with E-state index in [1.807, 2.05) is 13.8 Å². The lowest BCUT2D eigenvalue weighted by Crippen LogP contribution is -2.19. The molecule has 8 heteroatoms. The Labute approximate surface area is 182 Å². The van der Waals surface area contributed by atoms with Crippen molar-refractivity contribution in [3.8, 4) is 28.6 Å². The van der Waals surface area contributed by atoms with Crippen molar-refractivity contribution >= 4 is 0 Å². The number of hydrogen-bond acceptors (Lipinski definition) is 5. The number of hydrogen-bond donors (Lipinski definition) is 0. The molecule has 2 rings (SSSR count). The Bertz CT molecular complexity index is 851. The summed E-state index contributed by atoms with van der Waals surface area (Å²) < 4.78 is 53.3. The van der Waals surface area contributed by atoms with Gasteiger partial charge in [0.1, 0.15) is 23.3 Å². The molecule has 172 valence electrons. The summed E-state index contributed by atoms with van der Waals surface area (Å²) in [7, 11) is 1.40. The van der Waals surface area contributed by atoms with Crippen molar-refractivity contribution in [1.29, 1.82) is 0 Å². The van der Waals surface area contributed by atoms with Crippen molar-refractivity contribution in [2.45, 2.75) is 78.7 Å². The van der Waals surface area contributed by atoms with Gasteiger partial charge in [-0.3, -0.25) is 0 Å². The highest BCUT2D eigenvalue weighted by Crippen LogP contribution is 2.37. The van der Waals surface area contributed by atoms with Crippen LogP contribution < -0.4 is 14.2 Å². The Hall–Kier alpha value is -2.51. The maximum absolute atomic E-state index is 12.6. The smallest absolute Gasteiger partial charge is 0.496 e. The van der Waals surface area contributed by atoms with Crippen LogP contribution in [0.4, 0.5) is 13.2 Å². The Morgan fingerprint density at radius 3 is 2.10 bits per heavy atom. The van der Waals surface area contributed by atoms with Crippen LogP contribution in [-0.2, 0) is 12.8 Å². The summed E-state index contributed by atoms with van der Waals surface area (Å²) in [5.41, 5.74) is 2.54. The molecule has 1 heterocycles. The zero-order valence-corrected chi connectivity index (χ0v) is 18.8. The number of halogens is 3. The van der Waals surface area contributed by atoms with Crippen LogP contribution in [0.1, 0.15) is 64.8 Å². The summed E-state index contributed by atoms with van der Waals surface area (Å²) in [5.74, 6) is 0.416. The third-order valence-corrected chi connectivity index (χ3v) is 4.83. The van der Waals surface area contributed by atoms with Gasteiger partial charge in [-0.2, -0.15) is 0 Å². The SMILES string of the molecule is CCCC(CCC)Oc1nc(CC)c(-c2ccc(OC(F)(F)F)cc2OC)nc1CC. The van der Waals surface area contributed by atoms with Gasteiger partial charge < -0.3 is 14.2 Å². The van der Waals surface area contributed by atoms with Gasteiger partial charge in [-0.05, 0) is 37.8 Å². The lowest BCUT2D eigenvalue weighted by atomic mass is 10.1. The van der Waals surface area contributed by atoms with E-state index in [9.17, 15) is 13.2 Å². The largest absolute Gasteiger partial charge is 0.573 e. The normalized spacial score (nSPS) is 11.6. The zero-order chi connectivity index (χ0) is 23.0. The molecule has 1 aromatic carbocycles. The van der Waals surface area contributed by atoms with E-state index in [1.165, 1.54) is 25.3 Å². The predicted octanol–water partition coefficient (Wildman–Crippen LogP) is 6.52. The molecule has 0 aliphatic heterocycles. The molecule has 0 aliphatic rings. The lowest BCUT2D eigenvalue weighted by Gasteiger charge is -2.21. The molecule has 0 N–H and O–H groups in total. The fraction of sp³-hybridized carbons (Fsp3) is 0.565. The van der Waals surface area contributed by atoms with Gasteiger partial charge in [0.2, 0.25) is 5.88 Å². The summed E-state index contributed by atoms with van der Waals surface area (Å²) in [5, 5.41) is 0. The molecule has 0 saturated carbocycles. The number of methoxy groups -OCH3 is 1. The van der Waals surface area contributed by atoms with Gasteiger partial charge in [0.05, 0.1) is 18.5 Å². The van der Waals surface area contributed by atoms with Crippen molar-refractivity contribution in [1.82, 2.24) is 9.97 Å². The summed E-state index contributed by atoms with van der Waals surface area (Å²) in [6.07, 6.45) is 0.415. The molecule has 0 saturated heterocycles. The molecule has 0 amide bonds. The number of aryl methyl sites for hydroxylation is 2. The van der Waals surface area contributed by atoms with Crippen molar-refractivity contribution in [3.05, 3.63) is 29.6 Å². The van der Waals surface area contributed by atoms with Crippen LogP contribution in [0.15, 0.2) is 18.2 Å². The Balaban J connectivity index is 2.49. The number of rotatable bonds is 11. The van der Waals surface area contributed by atoms with Crippen LogP contribution in [0.3, 0.4) is 0 Å². The molecule has 0 radical (unpaired) electrons. The standard InChI is InChI=1S/C23H31F3N2O3/c1-6-10-15(11-7-2)30-22-19(9-4)27-21(18(8-3)28-22)17-13-12-16(14-20(17)29-5)31-23(24,25)26/h12-15H,6-11H2,1-5H3. The number of ether oxygens (including phenoxy) is 3. The van der Waals surface area contributed by atoms with E-state index in [0.29, 0.717) is 41.4 Å². The van der Waals surface area contributed by atoms with Gasteiger partial charge in [-0.1, -0.05) is 40.5 Å². The van der Waals surface area contributed by atoms with Crippen LogP contribution >= 0.6 is 0 Å². The quantitative estimate of drug-likeness (QED) is 0.398. The van der Waals surface area contributed by atoms with E-state index >= 15 is 0 Å². The molecule has 0 fully saturated rings. The number of nitrogens with zero attached hydrogens (tertiary/aromatic N) is 2. The minimum atomic E-state index is -4.78. The first kappa shape index (κ1) is 24.8. The Kier molecular flexibility index (Phi) is 8.95. The van der Waals surface area contributed by atoms with Crippen molar-refractivity contribution in [2.24, 2.45) is 0 Å². The van der Waals surface area contributed by atoms with Gasteiger partial charge in [-0.25, -0.2) is 9.97 Å². The van der Waals surface area contributed by atoms with E-state index in [0.717, 1.165) is 25.7 Å². The second kappa shape index (κ2) is 11.2. The predicted molar refractivity (Wildman–Crippen MR) is 114 cm³/mol. The highest BCUT2D eigenvalue weighted by Gasteiger charge is 2.31. The molecule has 0 atom stereocenters. The van der Waals surface area contributed by atoms with Crippen LogP contribution in [0, 0.1) is 0 Å². The fourth-order valence-corrected chi connectivity index (χ4v) is 3.40. The maximum atomic E-state index is 12.6. The second-order valence-electron chi connectivity index (χ2n) is 7.20. The molecule has 0 bridgehead atoms. The summed E-state index contributed by atoms with van der Waals surface area (Å²) in [4.78, 5) is 9.54. The summed E-state index contributed by atoms with van der Waals surface area (Å²) in [6, 6.07) is 3.97. The van der Waals surface area contributed by atoms with Crippen molar-refractivity contribution in [3.63, 3.8) is 0 Å². The summed E-state index contributed by atoms with van der Waals surface area (Å²) in [6.45, 7) is 8.17. The van der Waals surface area contributed by atoms with Crippen molar-refractivity contribution < 1.29 is 27.4 Å². The van der Waals surface area contributed by atoms with Gasteiger partial charge in [-0.15, -0.1) is 13.2 Å². The number of benzene rings is 1. The highest BCUT2D eigenvalue weighted by molar-refractivity contribution is 5.71. The minimum Gasteiger partial charge on any atom is -0.496 e. The highest BCUT2D eigenvalue weighted by atomic mass is 19.4. The first-order valence-electron chi connectivity index (χ1n) is 10.8. The van der Waals surface area contributed by atoms with Gasteiger partial charge in [0, 0.05) is 11.6 Å². The molecule has 0 unspecified atom stereocenters. The van der Waals surface area contributed by atoms with Crippen LogP contribution in [0.2, 0.25) is 0 Å². The third kappa shape index (κ3) is 6.74. The molecule has 0 aliphatic carbocycles. The van der Waals surface area contributed by atoms with Gasteiger partial charge in [0.15, 0.2) is 0 Å². The monoisotopic (exact) mass is 440 g/mol. The van der Waals surface area contributed by atoms with Crippen molar-refractivity contribution in [2.75, 3.05) is 7.11 Å². The van der Waals surface area contributed by atoms with E-state index in [4.69, 9.17) is 19.4 Å². The molecule has 5 nitrogen and oxygen atoms in total. The first-order chi connectivity index (χ1) is 14.8. The van der Waals surface area contributed by atoms with Crippen LogP contribution in [-0.4, -0.2) is 29.5 Å². The molecule has 2 aromatic rings. The van der Waals surface area contributed by atoms with Gasteiger partial charge >= 0.3 is 6.36 Å². The zero-order valence-electron chi connectivity index (χ0n) is 18.8.